The molecule has 2 amide bonds. The number of aromatic nitrogens is 2. The summed E-state index contributed by atoms with van der Waals surface area (Å²) in [6.45, 7) is 1.71. The van der Waals surface area contributed by atoms with Gasteiger partial charge in [-0.2, -0.15) is 0 Å². The van der Waals surface area contributed by atoms with Crippen molar-refractivity contribution in [3.63, 3.8) is 0 Å². The highest BCUT2D eigenvalue weighted by molar-refractivity contribution is 6.10. The molecular weight excluding hydrogens is 618 g/mol. The monoisotopic (exact) mass is 653 g/mol. The number of nitrogens with zero attached hydrogens (tertiary/aromatic N) is 2. The van der Waals surface area contributed by atoms with Crippen LogP contribution in [0.2, 0.25) is 0 Å². The minimum Gasteiger partial charge on any atom is -0.508 e. The Morgan fingerprint density at radius 1 is 0.816 bits per heavy atom. The molecule has 0 aliphatic carbocycles. The van der Waals surface area contributed by atoms with E-state index in [2.05, 4.69) is 28.5 Å². The van der Waals surface area contributed by atoms with Crippen LogP contribution in [0, 0.1) is 0 Å². The lowest BCUT2D eigenvalue weighted by Gasteiger charge is -2.26. The smallest absolute Gasteiger partial charge is 0.323 e. The number of carbonyl (C=O) groups is 3. The first-order chi connectivity index (χ1) is 23.7. The van der Waals surface area contributed by atoms with Gasteiger partial charge in [-0.3, -0.25) is 14.4 Å². The molecule has 2 atom stereocenters. The largest absolute Gasteiger partial charge is 0.508 e. The molecule has 1 aliphatic heterocycles. The third-order valence-electron chi connectivity index (χ3n) is 9.26. The standard InChI is InChI=1S/C27H25N3O5.C12H10N2/c1-16(31)29-13-12-20(17-6-9-19(32)10-7-17)26(29)27(35)28-18-8-11-22-21-4-2-3-5-23(21)30(15-25(33)34)24(22)14-18;13-8-5-6-10-9-3-1-2-4-11(9)14-12(10)7-8/h2-11,14,20,26,32H,12-13,15H2,1H3,(H,28,35)(H,33,34);1-7,14H,13H2/t20?,26-;/m0./s1. The SMILES string of the molecule is CC(=O)N1CCC(c2ccc(O)cc2)[C@H]1C(=O)Nc1ccc2c3ccccc3n(CC(=O)O)c2c1.Nc1ccc2c(c1)[nH]c1ccccc12. The number of nitrogen functional groups attached to an aromatic ring is 1. The number of carbonyl (C=O) groups excluding carboxylic acids is 2. The number of para-hydroxylation sites is 2. The summed E-state index contributed by atoms with van der Waals surface area (Å²) < 4.78 is 1.72. The minimum atomic E-state index is -0.957. The number of nitrogens with two attached hydrogens (primary N) is 1. The van der Waals surface area contributed by atoms with Gasteiger partial charge in [-0.15, -0.1) is 0 Å². The molecule has 10 heteroatoms. The second-order valence-electron chi connectivity index (χ2n) is 12.3. The topological polar surface area (TPSA) is 154 Å². The Morgan fingerprint density at radius 3 is 2.24 bits per heavy atom. The van der Waals surface area contributed by atoms with Crippen molar-refractivity contribution in [3.8, 4) is 5.75 Å². The molecule has 0 saturated carbocycles. The summed E-state index contributed by atoms with van der Waals surface area (Å²) in [4.78, 5) is 42.3. The number of likely N-dealkylation sites (tertiary alicyclic amines) is 1. The molecule has 1 fully saturated rings. The lowest BCUT2D eigenvalue weighted by Crippen LogP contribution is -2.44. The fourth-order valence-electron chi connectivity index (χ4n) is 7.06. The van der Waals surface area contributed by atoms with E-state index in [9.17, 15) is 24.6 Å². The number of phenolic OH excluding ortho intramolecular Hbond substituents is 1. The van der Waals surface area contributed by atoms with Gasteiger partial charge in [0.2, 0.25) is 11.8 Å². The van der Waals surface area contributed by atoms with Crippen molar-refractivity contribution < 1.29 is 24.6 Å². The molecule has 0 radical (unpaired) electrons. The summed E-state index contributed by atoms with van der Waals surface area (Å²) in [6, 6.07) is 33.3. The summed E-state index contributed by atoms with van der Waals surface area (Å²) in [5.41, 5.74) is 11.7. The van der Waals surface area contributed by atoms with E-state index in [4.69, 9.17) is 5.73 Å². The predicted octanol–water partition coefficient (Wildman–Crippen LogP) is 6.83. The van der Waals surface area contributed by atoms with Gasteiger partial charge in [-0.1, -0.05) is 60.7 Å². The molecule has 246 valence electrons. The number of carboxylic acid groups (broad SMARTS) is 1. The number of phenols is 1. The van der Waals surface area contributed by atoms with Crippen LogP contribution >= 0.6 is 0 Å². The quantitative estimate of drug-likeness (QED) is 0.128. The average molecular weight is 654 g/mol. The number of hydrogen-bond acceptors (Lipinski definition) is 5. The number of aromatic amines is 1. The lowest BCUT2D eigenvalue weighted by molar-refractivity contribution is -0.137. The zero-order chi connectivity index (χ0) is 34.2. The summed E-state index contributed by atoms with van der Waals surface area (Å²) in [6.07, 6.45) is 0.633. The molecule has 8 rings (SSSR count). The van der Waals surface area contributed by atoms with Crippen LogP contribution in [-0.4, -0.2) is 55.0 Å². The number of hydrogen-bond donors (Lipinski definition) is 5. The normalized spacial score (nSPS) is 15.8. The number of aromatic hydroxyl groups is 1. The van der Waals surface area contributed by atoms with E-state index in [0.717, 1.165) is 38.6 Å². The predicted molar refractivity (Wildman–Crippen MR) is 193 cm³/mol. The number of fused-ring (bicyclic) bond motifs is 6. The Hall–Kier alpha value is -6.29. The fraction of sp³-hybridized carbons (Fsp3) is 0.154. The van der Waals surface area contributed by atoms with Gasteiger partial charge in [0.1, 0.15) is 18.3 Å². The van der Waals surface area contributed by atoms with Crippen molar-refractivity contribution in [2.75, 3.05) is 17.6 Å². The number of nitrogens with one attached hydrogen (secondary N) is 2. The maximum atomic E-state index is 13.5. The van der Waals surface area contributed by atoms with Crippen molar-refractivity contribution in [1.29, 1.82) is 0 Å². The molecule has 1 aliphatic rings. The van der Waals surface area contributed by atoms with Crippen LogP contribution in [0.3, 0.4) is 0 Å². The Kier molecular flexibility index (Phi) is 8.13. The highest BCUT2D eigenvalue weighted by Gasteiger charge is 2.41. The van der Waals surface area contributed by atoms with E-state index >= 15 is 0 Å². The molecule has 49 heavy (non-hydrogen) atoms. The maximum absolute atomic E-state index is 13.5. The highest BCUT2D eigenvalue weighted by Crippen LogP contribution is 2.36. The number of anilines is 2. The van der Waals surface area contributed by atoms with Crippen molar-refractivity contribution in [2.45, 2.75) is 31.8 Å². The summed E-state index contributed by atoms with van der Waals surface area (Å²) in [7, 11) is 0. The molecule has 2 aromatic heterocycles. The number of carboxylic acids is 1. The lowest BCUT2D eigenvalue weighted by atomic mass is 9.91. The zero-order valence-corrected chi connectivity index (χ0v) is 26.8. The van der Waals surface area contributed by atoms with Gasteiger partial charge < -0.3 is 35.7 Å². The number of H-pyrrole nitrogens is 1. The van der Waals surface area contributed by atoms with E-state index in [1.54, 1.807) is 45.9 Å². The van der Waals surface area contributed by atoms with Crippen LogP contribution < -0.4 is 11.1 Å². The van der Waals surface area contributed by atoms with Crippen LogP contribution in [-0.2, 0) is 20.9 Å². The van der Waals surface area contributed by atoms with Crippen LogP contribution in [0.25, 0.3) is 43.6 Å². The third kappa shape index (κ3) is 6.00. The van der Waals surface area contributed by atoms with Crippen molar-refractivity contribution >= 4 is 72.8 Å². The number of rotatable bonds is 5. The van der Waals surface area contributed by atoms with Gasteiger partial charge in [-0.05, 0) is 60.5 Å². The van der Waals surface area contributed by atoms with Gasteiger partial charge in [0.15, 0.2) is 0 Å². The molecule has 5 aromatic carbocycles. The Morgan fingerprint density at radius 2 is 1.49 bits per heavy atom. The molecule has 3 heterocycles. The first-order valence-electron chi connectivity index (χ1n) is 16.0. The summed E-state index contributed by atoms with van der Waals surface area (Å²) in [5.74, 6) is -1.51. The van der Waals surface area contributed by atoms with Crippen LogP contribution in [0.15, 0.2) is 109 Å². The van der Waals surface area contributed by atoms with E-state index in [-0.39, 0.29) is 30.0 Å². The van der Waals surface area contributed by atoms with Gasteiger partial charge in [0.05, 0.1) is 5.52 Å². The number of aliphatic carboxylic acids is 1. The minimum absolute atomic E-state index is 0.140. The number of amides is 2. The van der Waals surface area contributed by atoms with E-state index in [1.165, 1.54) is 17.7 Å². The molecule has 1 unspecified atom stereocenters. The fourth-order valence-corrected chi connectivity index (χ4v) is 7.06. The Balaban J connectivity index is 0.000000223. The third-order valence-corrected chi connectivity index (χ3v) is 9.26. The first-order valence-corrected chi connectivity index (χ1v) is 16.0. The van der Waals surface area contributed by atoms with Gasteiger partial charge >= 0.3 is 5.97 Å². The van der Waals surface area contributed by atoms with Crippen molar-refractivity contribution in [1.82, 2.24) is 14.5 Å². The van der Waals surface area contributed by atoms with Crippen LogP contribution in [0.4, 0.5) is 11.4 Å². The van der Waals surface area contributed by atoms with Crippen LogP contribution in [0.1, 0.15) is 24.8 Å². The highest BCUT2D eigenvalue weighted by atomic mass is 16.4. The molecule has 0 bridgehead atoms. The first kappa shape index (κ1) is 31.3. The molecular formula is C39H35N5O5. The summed E-state index contributed by atoms with van der Waals surface area (Å²) >= 11 is 0. The van der Waals surface area contributed by atoms with Crippen molar-refractivity contribution in [3.05, 3.63) is 115 Å². The molecule has 1 saturated heterocycles. The zero-order valence-electron chi connectivity index (χ0n) is 26.8. The number of benzene rings is 5. The molecule has 6 N–H and O–H groups in total. The summed E-state index contributed by atoms with van der Waals surface area (Å²) in [5, 5.41) is 26.4. The van der Waals surface area contributed by atoms with Gasteiger partial charge in [0, 0.05) is 68.9 Å². The van der Waals surface area contributed by atoms with E-state index in [0.29, 0.717) is 24.2 Å². The van der Waals surface area contributed by atoms with Gasteiger partial charge in [-0.25, -0.2) is 0 Å². The Labute approximate surface area is 281 Å². The molecule has 7 aromatic rings. The average Bonchev–Trinajstić information content (AvgIpc) is 3.78. The van der Waals surface area contributed by atoms with Crippen molar-refractivity contribution in [2.24, 2.45) is 0 Å². The Bertz CT molecular complexity index is 2380. The van der Waals surface area contributed by atoms with E-state index < -0.39 is 12.0 Å². The second-order valence-corrected chi connectivity index (χ2v) is 12.3. The maximum Gasteiger partial charge on any atom is 0.323 e. The second kappa shape index (κ2) is 12.7. The molecule has 10 nitrogen and oxygen atoms in total. The van der Waals surface area contributed by atoms with Gasteiger partial charge in [0.25, 0.3) is 0 Å². The van der Waals surface area contributed by atoms with E-state index in [1.807, 2.05) is 54.6 Å². The molecule has 0 spiro atoms. The van der Waals surface area contributed by atoms with Crippen LogP contribution in [0.5, 0.6) is 5.75 Å².